The van der Waals surface area contributed by atoms with Crippen molar-refractivity contribution in [3.8, 4) is 11.3 Å². The van der Waals surface area contributed by atoms with Gasteiger partial charge >= 0.3 is 0 Å². The average Bonchev–Trinajstić information content (AvgIpc) is 3.30. The van der Waals surface area contributed by atoms with Crippen molar-refractivity contribution in [2.75, 3.05) is 30.3 Å². The lowest BCUT2D eigenvalue weighted by molar-refractivity contribution is 0.0973. The molecule has 3 aromatic rings. The molecule has 10 nitrogen and oxygen atoms in total. The summed E-state index contributed by atoms with van der Waals surface area (Å²) in [5, 5.41) is 7.92. The third-order valence-corrected chi connectivity index (χ3v) is 7.11. The standard InChI is InChI=1S/C20H25ClN8O2/c1-10-16(23)20(9-31-10)3-5-29(6-4-20)19-25-17-14(18(30)28(19)2)15(26-27-17)11-7-13(22)24-8-12(11)21/h7-8,10,16H,3-6,9,23H2,1-2H3,(H2,22,24)(H,26,27)/t10-,16+/m0/s1. The lowest BCUT2D eigenvalue weighted by Gasteiger charge is -2.41. The Kier molecular flexibility index (Phi) is 4.68. The van der Waals surface area contributed by atoms with Gasteiger partial charge in [-0.05, 0) is 25.8 Å². The van der Waals surface area contributed by atoms with Crippen LogP contribution in [0.25, 0.3) is 22.3 Å². The number of hydrogen-bond acceptors (Lipinski definition) is 8. The van der Waals surface area contributed by atoms with Crippen LogP contribution in [-0.4, -0.2) is 56.6 Å². The van der Waals surface area contributed by atoms with Crippen molar-refractivity contribution in [2.45, 2.75) is 31.9 Å². The number of nitrogens with two attached hydrogens (primary N) is 2. The van der Waals surface area contributed by atoms with E-state index in [4.69, 9.17) is 32.8 Å². The van der Waals surface area contributed by atoms with Crippen LogP contribution in [0.3, 0.4) is 0 Å². The molecule has 0 saturated carbocycles. The largest absolute Gasteiger partial charge is 0.384 e. The van der Waals surface area contributed by atoms with E-state index < -0.39 is 0 Å². The lowest BCUT2D eigenvalue weighted by atomic mass is 9.73. The van der Waals surface area contributed by atoms with Crippen LogP contribution >= 0.6 is 11.6 Å². The molecule has 2 fully saturated rings. The monoisotopic (exact) mass is 444 g/mol. The molecule has 5 N–H and O–H groups in total. The number of halogens is 1. The molecule has 11 heteroatoms. The number of piperidine rings is 1. The summed E-state index contributed by atoms with van der Waals surface area (Å²) in [5.74, 6) is 0.889. The molecular weight excluding hydrogens is 420 g/mol. The Bertz CT molecular complexity index is 1210. The van der Waals surface area contributed by atoms with Crippen LogP contribution in [0.1, 0.15) is 19.8 Å². The molecule has 0 radical (unpaired) electrons. The predicted molar refractivity (Wildman–Crippen MR) is 119 cm³/mol. The number of aromatic nitrogens is 5. The van der Waals surface area contributed by atoms with E-state index in [1.807, 2.05) is 6.92 Å². The highest BCUT2D eigenvalue weighted by molar-refractivity contribution is 6.33. The fourth-order valence-corrected chi connectivity index (χ4v) is 4.99. The lowest BCUT2D eigenvalue weighted by Crippen LogP contribution is -2.51. The third-order valence-electron chi connectivity index (χ3n) is 6.81. The number of pyridine rings is 1. The summed E-state index contributed by atoms with van der Waals surface area (Å²) >= 11 is 6.29. The fourth-order valence-electron chi connectivity index (χ4n) is 4.79. The van der Waals surface area contributed by atoms with Gasteiger partial charge in [-0.25, -0.2) is 4.98 Å². The maximum atomic E-state index is 13.3. The molecule has 0 bridgehead atoms. The van der Waals surface area contributed by atoms with E-state index >= 15 is 0 Å². The molecule has 5 heterocycles. The molecule has 0 unspecified atom stereocenters. The van der Waals surface area contributed by atoms with Crippen molar-refractivity contribution < 1.29 is 4.74 Å². The van der Waals surface area contributed by atoms with Gasteiger partial charge in [0.05, 0.1) is 23.4 Å². The van der Waals surface area contributed by atoms with Gasteiger partial charge in [0.15, 0.2) is 5.65 Å². The van der Waals surface area contributed by atoms with Gasteiger partial charge in [-0.2, -0.15) is 10.1 Å². The van der Waals surface area contributed by atoms with Crippen LogP contribution in [-0.2, 0) is 11.8 Å². The van der Waals surface area contributed by atoms with Crippen molar-refractivity contribution in [3.05, 3.63) is 27.6 Å². The molecule has 2 atom stereocenters. The van der Waals surface area contributed by atoms with Crippen LogP contribution in [0.15, 0.2) is 17.1 Å². The zero-order valence-corrected chi connectivity index (χ0v) is 18.2. The van der Waals surface area contributed by atoms with Crippen molar-refractivity contribution >= 4 is 34.4 Å². The molecular formula is C20H25ClN8O2. The minimum Gasteiger partial charge on any atom is -0.384 e. The molecule has 5 rings (SSSR count). The van der Waals surface area contributed by atoms with Crippen molar-refractivity contribution in [1.82, 2.24) is 24.7 Å². The van der Waals surface area contributed by atoms with Gasteiger partial charge in [0.2, 0.25) is 5.95 Å². The number of nitrogens with zero attached hydrogens (tertiary/aromatic N) is 5. The topological polar surface area (TPSA) is 141 Å². The molecule has 31 heavy (non-hydrogen) atoms. The summed E-state index contributed by atoms with van der Waals surface area (Å²) in [4.78, 5) is 24.1. The van der Waals surface area contributed by atoms with Gasteiger partial charge in [0.1, 0.15) is 11.2 Å². The van der Waals surface area contributed by atoms with Crippen LogP contribution in [0.4, 0.5) is 11.8 Å². The summed E-state index contributed by atoms with van der Waals surface area (Å²) < 4.78 is 7.37. The van der Waals surface area contributed by atoms with Crippen LogP contribution < -0.4 is 21.9 Å². The number of fused-ring (bicyclic) bond motifs is 1. The molecule has 1 spiro atoms. The maximum absolute atomic E-state index is 13.3. The highest BCUT2D eigenvalue weighted by Crippen LogP contribution is 2.41. The molecule has 0 aromatic carbocycles. The summed E-state index contributed by atoms with van der Waals surface area (Å²) in [5.41, 5.74) is 13.4. The number of aromatic amines is 1. The zero-order valence-electron chi connectivity index (χ0n) is 17.4. The maximum Gasteiger partial charge on any atom is 0.266 e. The van der Waals surface area contributed by atoms with E-state index in [-0.39, 0.29) is 23.1 Å². The van der Waals surface area contributed by atoms with Crippen molar-refractivity contribution in [2.24, 2.45) is 18.2 Å². The fraction of sp³-hybridized carbons (Fsp3) is 0.500. The molecule has 2 aliphatic rings. The molecule has 164 valence electrons. The number of nitrogen functional groups attached to an aromatic ring is 1. The smallest absolute Gasteiger partial charge is 0.266 e. The minimum absolute atomic E-state index is 0.00356. The summed E-state index contributed by atoms with van der Waals surface area (Å²) in [7, 11) is 1.72. The Hall–Kier alpha value is -2.69. The van der Waals surface area contributed by atoms with E-state index in [9.17, 15) is 4.79 Å². The Morgan fingerprint density at radius 3 is 2.77 bits per heavy atom. The molecule has 0 aliphatic carbocycles. The molecule has 2 aliphatic heterocycles. The molecule has 2 saturated heterocycles. The van der Waals surface area contributed by atoms with Crippen LogP contribution in [0, 0.1) is 5.41 Å². The van der Waals surface area contributed by atoms with Crippen molar-refractivity contribution in [1.29, 1.82) is 0 Å². The first-order valence-electron chi connectivity index (χ1n) is 10.3. The van der Waals surface area contributed by atoms with Gasteiger partial charge in [0.25, 0.3) is 5.56 Å². The van der Waals surface area contributed by atoms with E-state index in [1.165, 1.54) is 6.20 Å². The minimum atomic E-state index is -0.204. The number of rotatable bonds is 2. The predicted octanol–water partition coefficient (Wildman–Crippen LogP) is 1.29. The van der Waals surface area contributed by atoms with Gasteiger partial charge in [-0.3, -0.25) is 14.5 Å². The van der Waals surface area contributed by atoms with Crippen LogP contribution in [0.5, 0.6) is 0 Å². The van der Waals surface area contributed by atoms with Crippen molar-refractivity contribution in [3.63, 3.8) is 0 Å². The van der Waals surface area contributed by atoms with Gasteiger partial charge in [-0.1, -0.05) is 11.6 Å². The van der Waals surface area contributed by atoms with Crippen LogP contribution in [0.2, 0.25) is 5.02 Å². The first-order chi connectivity index (χ1) is 14.8. The van der Waals surface area contributed by atoms with Gasteiger partial charge in [0, 0.05) is 43.4 Å². The van der Waals surface area contributed by atoms with E-state index in [2.05, 4.69) is 20.1 Å². The third kappa shape index (κ3) is 3.08. The SMILES string of the molecule is C[C@@H]1OCC2(CCN(c3nc4n[nH]c(-c5cc(N)ncc5Cl)c4c(=O)n3C)CC2)[C@@H]1N. The first kappa shape index (κ1) is 20.2. The summed E-state index contributed by atoms with van der Waals surface area (Å²) in [6.45, 7) is 4.22. The molecule has 3 aromatic heterocycles. The Morgan fingerprint density at radius 1 is 1.35 bits per heavy atom. The quantitative estimate of drug-likeness (QED) is 0.536. The second-order valence-corrected chi connectivity index (χ2v) is 8.96. The Balaban J connectivity index is 1.51. The van der Waals surface area contributed by atoms with Gasteiger partial charge in [-0.15, -0.1) is 0 Å². The second kappa shape index (κ2) is 7.18. The number of anilines is 2. The van der Waals surface area contributed by atoms with E-state index in [0.29, 0.717) is 45.7 Å². The number of hydrogen-bond donors (Lipinski definition) is 3. The highest BCUT2D eigenvalue weighted by Gasteiger charge is 2.47. The first-order valence-corrected chi connectivity index (χ1v) is 10.7. The number of nitrogens with one attached hydrogen (secondary N) is 1. The summed E-state index contributed by atoms with van der Waals surface area (Å²) in [6.07, 6.45) is 3.31. The zero-order chi connectivity index (χ0) is 21.9. The average molecular weight is 445 g/mol. The normalized spacial score (nSPS) is 23.2. The second-order valence-electron chi connectivity index (χ2n) is 8.55. The van der Waals surface area contributed by atoms with E-state index in [1.54, 1.807) is 17.7 Å². The molecule has 0 amide bonds. The number of ether oxygens (including phenoxy) is 1. The Morgan fingerprint density at radius 2 is 2.10 bits per heavy atom. The number of H-pyrrole nitrogens is 1. The Labute approximate surface area is 183 Å². The highest BCUT2D eigenvalue weighted by atomic mass is 35.5. The summed E-state index contributed by atoms with van der Waals surface area (Å²) in [6, 6.07) is 1.64. The van der Waals surface area contributed by atoms with Gasteiger partial charge < -0.3 is 21.1 Å². The van der Waals surface area contributed by atoms with E-state index in [0.717, 1.165) is 25.9 Å².